The molecular formula is C60H72N10O22S2. The van der Waals surface area contributed by atoms with E-state index in [0.717, 1.165) is 59.1 Å². The average molecular weight is 1350 g/mol. The maximum Gasteiger partial charge on any atom is 0.261 e. The van der Waals surface area contributed by atoms with Gasteiger partial charge in [-0.25, -0.2) is 5.26 Å². The Morgan fingerprint density at radius 1 is 0.734 bits per heavy atom. The minimum Gasteiger partial charge on any atom is -0.504 e. The number of nitrogens with one attached hydrogen (secondary N) is 5. The number of rotatable bonds is 22. The first-order valence-corrected chi connectivity index (χ1v) is 31.1. The fourth-order valence-corrected chi connectivity index (χ4v) is 11.8. The van der Waals surface area contributed by atoms with Gasteiger partial charge in [0.1, 0.15) is 70.0 Å². The monoisotopic (exact) mass is 1350 g/mol. The fraction of sp³-hybridized carbons (Fsp3) is 0.433. The number of nitrogens with two attached hydrogens (primary N) is 1. The Morgan fingerprint density at radius 2 is 1.34 bits per heavy atom. The second-order valence-electron chi connectivity index (χ2n) is 22.6. The number of primary amides is 1. The van der Waals surface area contributed by atoms with Crippen LogP contribution in [0.2, 0.25) is 0 Å². The van der Waals surface area contributed by atoms with Crippen LogP contribution in [-0.4, -0.2) is 219 Å². The highest BCUT2D eigenvalue weighted by Gasteiger charge is 2.50. The summed E-state index contributed by atoms with van der Waals surface area (Å²) >= 11 is 1.24. The van der Waals surface area contributed by atoms with Crippen molar-refractivity contribution in [1.29, 1.82) is 0 Å². The number of ether oxygens (including phenoxy) is 2. The Labute approximate surface area is 544 Å². The molecule has 3 aliphatic heterocycles. The lowest BCUT2D eigenvalue weighted by Gasteiger charge is -2.34. The van der Waals surface area contributed by atoms with E-state index < -0.39 is 183 Å². The molecule has 0 aliphatic carbocycles. The van der Waals surface area contributed by atoms with Crippen LogP contribution in [0.3, 0.4) is 0 Å². The van der Waals surface area contributed by atoms with Crippen LogP contribution in [0.5, 0.6) is 23.0 Å². The molecule has 13 unspecified atom stereocenters. The number of hydrogen-bond donors (Lipinski definition) is 15. The van der Waals surface area contributed by atoms with Gasteiger partial charge in [0, 0.05) is 55.1 Å². The van der Waals surface area contributed by atoms with Crippen molar-refractivity contribution in [3.05, 3.63) is 108 Å². The van der Waals surface area contributed by atoms with Gasteiger partial charge in [0.25, 0.3) is 18.2 Å². The first-order valence-electron chi connectivity index (χ1n) is 29.6. The lowest BCUT2D eigenvalue weighted by molar-refractivity contribution is -0.433. The molecule has 3 saturated heterocycles. The second kappa shape index (κ2) is 33.0. The number of phenolic OH excluding ortho intramolecular Hbond substituents is 1. The van der Waals surface area contributed by atoms with Crippen molar-refractivity contribution < 1.29 is 107 Å². The van der Waals surface area contributed by atoms with Gasteiger partial charge in [0.2, 0.25) is 41.4 Å². The lowest BCUT2D eigenvalue weighted by Crippen LogP contribution is -2.64. The number of phenols is 1. The number of β-amino-alcohol motifs (C(OH)–C–C–N with tert-alkyl or cyclic N) is 1. The summed E-state index contributed by atoms with van der Waals surface area (Å²) in [4.78, 5) is 115. The first-order chi connectivity index (χ1) is 44.9. The van der Waals surface area contributed by atoms with Gasteiger partial charge < -0.3 is 96.6 Å². The Kier molecular flexibility index (Phi) is 25.0. The maximum absolute atomic E-state index is 14.7. The van der Waals surface area contributed by atoms with Crippen LogP contribution in [0.1, 0.15) is 68.0 Å². The van der Waals surface area contributed by atoms with Crippen LogP contribution in [0, 0.1) is 5.92 Å². The van der Waals surface area contributed by atoms with E-state index >= 15 is 0 Å². The normalized spacial score (nSPS) is 24.6. The molecule has 3 aliphatic rings. The average Bonchev–Trinajstić information content (AvgIpc) is 1.77. The SMILES string of the molecule is CC(O)C1NC(=O)[C@@H](NC(=O)c2ccc(-c3nnc(-c4ccc(OCCCCOc5ccccc5)cc4)s3)cc2)CC(O)CNC(=O)C2C(O)C(C)CN2C(=O)C(C(O)CC(N)=O)NC(=O)C(C(O)C(O)c2ccc(O)c(OSOOO)c2)NC(=O)C2CC(O)CN2C1=O. The van der Waals surface area contributed by atoms with Crippen LogP contribution in [-0.2, 0) is 42.9 Å². The largest absolute Gasteiger partial charge is 0.504 e. The minimum absolute atomic E-state index is 0.0214. The number of carbonyl (C=O) groups excluding carboxylic acids is 8. The predicted octanol–water partition coefficient (Wildman–Crippen LogP) is -1.51. The summed E-state index contributed by atoms with van der Waals surface area (Å²) in [7, 11) is 0. The summed E-state index contributed by atoms with van der Waals surface area (Å²) in [5.41, 5.74) is 6.34. The number of fused-ring (bicyclic) bond motifs is 2. The smallest absolute Gasteiger partial charge is 0.261 e. The second-order valence-corrected chi connectivity index (χ2v) is 24.0. The van der Waals surface area contributed by atoms with E-state index in [9.17, 15) is 79.2 Å². The molecule has 5 aromatic rings. The van der Waals surface area contributed by atoms with E-state index in [4.69, 9.17) is 24.6 Å². The molecule has 0 saturated carbocycles. The van der Waals surface area contributed by atoms with Gasteiger partial charge >= 0.3 is 0 Å². The van der Waals surface area contributed by atoms with E-state index in [1.807, 2.05) is 54.6 Å². The number of aromatic hydroxyl groups is 1. The van der Waals surface area contributed by atoms with Gasteiger partial charge in [-0.15, -0.1) is 10.2 Å². The molecule has 0 bridgehead atoms. The maximum atomic E-state index is 14.7. The molecule has 8 amide bonds. The highest BCUT2D eigenvalue weighted by Crippen LogP contribution is 2.35. The minimum atomic E-state index is -2.53. The molecule has 506 valence electrons. The third-order valence-electron chi connectivity index (χ3n) is 15.7. The number of carbonyl (C=O) groups is 8. The van der Waals surface area contributed by atoms with Crippen LogP contribution in [0.4, 0.5) is 0 Å². The van der Waals surface area contributed by atoms with Crippen LogP contribution < -0.4 is 46.0 Å². The van der Waals surface area contributed by atoms with Crippen LogP contribution in [0.25, 0.3) is 21.1 Å². The number of aliphatic hydroxyl groups excluding tert-OH is 7. The van der Waals surface area contributed by atoms with E-state index in [1.54, 1.807) is 12.1 Å². The third-order valence-corrected chi connectivity index (χ3v) is 17.1. The van der Waals surface area contributed by atoms with Gasteiger partial charge in [-0.2, -0.15) is 0 Å². The summed E-state index contributed by atoms with van der Waals surface area (Å²) in [5.74, 6) is -10.5. The number of amides is 8. The van der Waals surface area contributed by atoms with Gasteiger partial charge in [0.15, 0.2) is 11.5 Å². The van der Waals surface area contributed by atoms with E-state index in [0.29, 0.717) is 34.5 Å². The number of nitrogens with zero attached hydrogens (tertiary/aromatic N) is 4. The molecule has 0 spiro atoms. The number of aromatic nitrogens is 2. The molecule has 1 aromatic heterocycles. The Balaban J connectivity index is 1.04. The van der Waals surface area contributed by atoms with E-state index in [-0.39, 0.29) is 23.5 Å². The molecule has 16 N–H and O–H groups in total. The van der Waals surface area contributed by atoms with Crippen molar-refractivity contribution in [1.82, 2.24) is 46.6 Å². The van der Waals surface area contributed by atoms with Gasteiger partial charge in [-0.1, -0.05) is 64.0 Å². The standard InChI is InChI=1S/C60H72N10O22S2/c1-29-27-70-48(49(29)77)56(84)62-26-35(72)23-39(63-52(80)31-10-12-32(13-11-31)57-67-68-58(93-57)33-14-17-38(18-15-33)89-21-7-6-20-88-37-8-4-3-5-9-37)53(81)64-45(30(2)71)59(85)69-28-36(73)24-40(69)54(82)66-47(55(83)65-46(60(70)86)42(75)25-44(61)76)51(79)50(78)34-16-19-41(74)43(22-34)90-94-92-91-87/h3-5,8-19,22,29-30,35-36,39-40,42,45-51,71-75,77-79,87H,6-7,20-21,23-28H2,1-2H3,(H2,61,76)(H,62,84)(H,63,80)(H,64,81)(H,65,83)(H,66,82)/t29?,30?,35?,36?,39-,40?,42?,45?,46?,47?,48?,49?,50?,51?/m0/s1. The molecule has 14 atom stereocenters. The molecule has 94 heavy (non-hydrogen) atoms. The lowest BCUT2D eigenvalue weighted by atomic mass is 9.96. The summed E-state index contributed by atoms with van der Waals surface area (Å²) in [6.07, 6.45) is -14.6. The highest BCUT2D eigenvalue weighted by atomic mass is 32.2. The number of unbranched alkanes of at least 4 members (excludes halogenated alkanes) is 1. The van der Waals surface area contributed by atoms with Gasteiger partial charge in [-0.05, 0) is 86.0 Å². The van der Waals surface area contributed by atoms with Crippen LogP contribution in [0.15, 0.2) is 97.1 Å². The highest BCUT2D eigenvalue weighted by molar-refractivity contribution is 7.90. The zero-order valence-corrected chi connectivity index (χ0v) is 52.0. The summed E-state index contributed by atoms with van der Waals surface area (Å²) in [6, 6.07) is 13.4. The first kappa shape index (κ1) is 71.2. The molecule has 4 heterocycles. The molecule has 3 fully saturated rings. The van der Waals surface area contributed by atoms with E-state index in [2.05, 4.69) is 46.2 Å². The van der Waals surface area contributed by atoms with Crippen molar-refractivity contribution in [3.8, 4) is 44.1 Å². The molecule has 0 radical (unpaired) electrons. The Hall–Kier alpha value is -8.65. The van der Waals surface area contributed by atoms with Crippen molar-refractivity contribution in [3.63, 3.8) is 0 Å². The van der Waals surface area contributed by atoms with Crippen molar-refractivity contribution >= 4 is 70.9 Å². The quantitative estimate of drug-likeness (QED) is 0.0162. The zero-order chi connectivity index (χ0) is 67.9. The van der Waals surface area contributed by atoms with Crippen LogP contribution >= 0.6 is 23.7 Å². The topological polar surface area (TPSA) is 483 Å². The number of benzene rings is 4. The number of hydrogen-bond acceptors (Lipinski definition) is 26. The number of para-hydroxylation sites is 1. The zero-order valence-electron chi connectivity index (χ0n) is 50.4. The summed E-state index contributed by atoms with van der Waals surface area (Å²) < 4.78 is 20.9. The fourth-order valence-electron chi connectivity index (χ4n) is 10.7. The van der Waals surface area contributed by atoms with Gasteiger partial charge in [0.05, 0.1) is 50.2 Å². The predicted molar refractivity (Wildman–Crippen MR) is 329 cm³/mol. The number of aliphatic hydroxyl groups is 7. The molecule has 34 heteroatoms. The summed E-state index contributed by atoms with van der Waals surface area (Å²) in [5, 5.41) is 124. The van der Waals surface area contributed by atoms with Crippen molar-refractivity contribution in [2.24, 2.45) is 11.7 Å². The van der Waals surface area contributed by atoms with E-state index in [1.165, 1.54) is 30.4 Å². The van der Waals surface area contributed by atoms with Crippen molar-refractivity contribution in [2.45, 2.75) is 125 Å². The summed E-state index contributed by atoms with van der Waals surface area (Å²) in [6.45, 7) is 1.71. The molecule has 32 nitrogen and oxygen atoms in total. The molecule has 8 rings (SSSR count). The Morgan fingerprint density at radius 3 is 1.97 bits per heavy atom. The molecular weight excluding hydrogens is 1280 g/mol. The van der Waals surface area contributed by atoms with Crippen molar-refractivity contribution in [2.75, 3.05) is 32.8 Å². The Bertz CT molecular complexity index is 3450. The molecule has 4 aromatic carbocycles. The van der Waals surface area contributed by atoms with Gasteiger partial charge in [-0.3, -0.25) is 38.4 Å². The third kappa shape index (κ3) is 18.2.